The van der Waals surface area contributed by atoms with Gasteiger partial charge in [0.25, 0.3) is 5.91 Å². The Bertz CT molecular complexity index is 847. The number of hydrogen-bond acceptors (Lipinski definition) is 3. The van der Waals surface area contributed by atoms with Gasteiger partial charge in [0.1, 0.15) is 9.71 Å². The van der Waals surface area contributed by atoms with Gasteiger partial charge in [-0.25, -0.2) is 4.98 Å². The maximum absolute atomic E-state index is 12.5. The van der Waals surface area contributed by atoms with Gasteiger partial charge in [-0.05, 0) is 37.6 Å². The number of pyridine rings is 1. The first-order chi connectivity index (χ1) is 10.6. The Morgan fingerprint density at radius 1 is 1.41 bits per heavy atom. The monoisotopic (exact) mass is 311 g/mol. The Hall–Kier alpha value is -2.40. The van der Waals surface area contributed by atoms with Gasteiger partial charge in [-0.1, -0.05) is 6.08 Å². The van der Waals surface area contributed by atoms with Gasteiger partial charge in [-0.15, -0.1) is 17.9 Å². The van der Waals surface area contributed by atoms with Gasteiger partial charge in [0, 0.05) is 30.0 Å². The molecule has 0 aliphatic carbocycles. The summed E-state index contributed by atoms with van der Waals surface area (Å²) in [7, 11) is 0. The molecule has 0 fully saturated rings. The van der Waals surface area contributed by atoms with Gasteiger partial charge >= 0.3 is 0 Å². The molecule has 5 heteroatoms. The highest BCUT2D eigenvalue weighted by Crippen LogP contribution is 2.35. The second kappa shape index (κ2) is 5.77. The number of thiophene rings is 1. The summed E-state index contributed by atoms with van der Waals surface area (Å²) in [6.45, 7) is 8.12. The number of hydrogen-bond donors (Lipinski definition) is 1. The van der Waals surface area contributed by atoms with Crippen molar-refractivity contribution >= 4 is 27.5 Å². The fraction of sp³-hybridized carbons (Fsp3) is 0.176. The Morgan fingerprint density at radius 2 is 2.14 bits per heavy atom. The molecule has 0 aromatic carbocycles. The van der Waals surface area contributed by atoms with Crippen LogP contribution in [0.1, 0.15) is 20.9 Å². The Morgan fingerprint density at radius 3 is 2.82 bits per heavy atom. The van der Waals surface area contributed by atoms with Crippen LogP contribution in [-0.2, 0) is 0 Å². The number of carbonyl (C=O) groups excluding carboxylic acids is 1. The highest BCUT2D eigenvalue weighted by atomic mass is 32.1. The summed E-state index contributed by atoms with van der Waals surface area (Å²) in [5.41, 5.74) is 2.99. The lowest BCUT2D eigenvalue weighted by Crippen LogP contribution is -2.23. The third-order valence-electron chi connectivity index (χ3n) is 3.44. The molecule has 1 N–H and O–H groups in total. The second-order valence-electron chi connectivity index (χ2n) is 5.13. The first-order valence-corrected chi connectivity index (χ1v) is 7.86. The van der Waals surface area contributed by atoms with Crippen molar-refractivity contribution in [3.63, 3.8) is 0 Å². The minimum atomic E-state index is -0.0938. The highest BCUT2D eigenvalue weighted by Gasteiger charge is 2.21. The van der Waals surface area contributed by atoms with Crippen LogP contribution in [0.25, 0.3) is 15.9 Å². The molecule has 0 aliphatic heterocycles. The standard InChI is InChI=1S/C17H17N3OS/c1-4-7-18-16(21)15-14(20-8-5-6-9-20)13-11(2)10-12(3)19-17(13)22-15/h4-6,8-10H,1,7H2,2-3H3,(H,18,21). The third kappa shape index (κ3) is 2.44. The van der Waals surface area contributed by atoms with Crippen LogP contribution in [0.5, 0.6) is 0 Å². The number of carbonyl (C=O) groups is 1. The third-order valence-corrected chi connectivity index (χ3v) is 4.51. The van der Waals surface area contributed by atoms with Gasteiger partial charge in [0.15, 0.2) is 0 Å². The fourth-order valence-electron chi connectivity index (χ4n) is 2.55. The quantitative estimate of drug-likeness (QED) is 0.748. The summed E-state index contributed by atoms with van der Waals surface area (Å²) in [5, 5.41) is 3.90. The summed E-state index contributed by atoms with van der Waals surface area (Å²) in [5.74, 6) is -0.0938. The van der Waals surface area contributed by atoms with E-state index in [-0.39, 0.29) is 5.91 Å². The van der Waals surface area contributed by atoms with E-state index in [1.165, 1.54) is 11.3 Å². The normalized spacial score (nSPS) is 10.8. The lowest BCUT2D eigenvalue weighted by atomic mass is 10.1. The average molecular weight is 311 g/mol. The van der Waals surface area contributed by atoms with Crippen molar-refractivity contribution < 1.29 is 4.79 Å². The van der Waals surface area contributed by atoms with Crippen LogP contribution in [0.15, 0.2) is 43.2 Å². The SMILES string of the molecule is C=CCNC(=O)c1sc2nc(C)cc(C)c2c1-n1cccc1. The zero-order chi connectivity index (χ0) is 15.7. The van der Waals surface area contributed by atoms with Gasteiger partial charge in [-0.3, -0.25) is 4.79 Å². The van der Waals surface area contributed by atoms with E-state index in [2.05, 4.69) is 23.8 Å². The van der Waals surface area contributed by atoms with Crippen LogP contribution >= 0.6 is 11.3 Å². The molecule has 0 radical (unpaired) electrons. The van der Waals surface area contributed by atoms with Crippen LogP contribution in [0, 0.1) is 13.8 Å². The Labute approximate surface area is 133 Å². The van der Waals surface area contributed by atoms with Crippen molar-refractivity contribution in [1.82, 2.24) is 14.9 Å². The molecular formula is C17H17N3OS. The number of rotatable bonds is 4. The minimum Gasteiger partial charge on any atom is -0.348 e. The average Bonchev–Trinajstić information content (AvgIpc) is 3.10. The summed E-state index contributed by atoms with van der Waals surface area (Å²) < 4.78 is 1.98. The molecule has 1 amide bonds. The molecule has 22 heavy (non-hydrogen) atoms. The number of nitrogens with one attached hydrogen (secondary N) is 1. The molecule has 3 rings (SSSR count). The van der Waals surface area contributed by atoms with Crippen LogP contribution in [0.4, 0.5) is 0 Å². The molecule has 3 aromatic rings. The molecule has 0 aliphatic rings. The summed E-state index contributed by atoms with van der Waals surface area (Å²) in [4.78, 5) is 18.7. The number of fused-ring (bicyclic) bond motifs is 1. The van der Waals surface area contributed by atoms with E-state index in [9.17, 15) is 4.79 Å². The molecule has 3 aromatic heterocycles. The van der Waals surface area contributed by atoms with Crippen molar-refractivity contribution in [2.45, 2.75) is 13.8 Å². The fourth-order valence-corrected chi connectivity index (χ4v) is 3.76. The Balaban J connectivity index is 2.27. The van der Waals surface area contributed by atoms with E-state index in [0.717, 1.165) is 27.2 Å². The van der Waals surface area contributed by atoms with Gasteiger partial charge in [-0.2, -0.15) is 0 Å². The first-order valence-electron chi connectivity index (χ1n) is 7.05. The van der Waals surface area contributed by atoms with Crippen molar-refractivity contribution in [3.05, 3.63) is 59.4 Å². The summed E-state index contributed by atoms with van der Waals surface area (Å²) in [6.07, 6.45) is 5.57. The molecule has 0 spiro atoms. The smallest absolute Gasteiger partial charge is 0.263 e. The topological polar surface area (TPSA) is 46.9 Å². The predicted octanol–water partition coefficient (Wildman–Crippen LogP) is 3.62. The molecule has 0 saturated heterocycles. The van der Waals surface area contributed by atoms with E-state index >= 15 is 0 Å². The van der Waals surface area contributed by atoms with E-state index in [1.807, 2.05) is 42.1 Å². The molecule has 0 bridgehead atoms. The van der Waals surface area contributed by atoms with Crippen molar-refractivity contribution in [2.75, 3.05) is 6.54 Å². The number of aromatic nitrogens is 2. The second-order valence-corrected chi connectivity index (χ2v) is 6.13. The molecule has 4 nitrogen and oxygen atoms in total. The van der Waals surface area contributed by atoms with Gasteiger partial charge in [0.05, 0.1) is 5.69 Å². The maximum atomic E-state index is 12.5. The van der Waals surface area contributed by atoms with E-state index in [4.69, 9.17) is 0 Å². The van der Waals surface area contributed by atoms with Gasteiger partial charge in [0.2, 0.25) is 0 Å². The van der Waals surface area contributed by atoms with Crippen LogP contribution < -0.4 is 5.32 Å². The molecule has 0 unspecified atom stereocenters. The molecule has 3 heterocycles. The van der Waals surface area contributed by atoms with Crippen LogP contribution in [0.3, 0.4) is 0 Å². The highest BCUT2D eigenvalue weighted by molar-refractivity contribution is 7.21. The number of amides is 1. The lowest BCUT2D eigenvalue weighted by Gasteiger charge is -2.07. The number of nitrogens with zero attached hydrogens (tertiary/aromatic N) is 2. The first kappa shape index (κ1) is 14.5. The van der Waals surface area contributed by atoms with E-state index in [1.54, 1.807) is 6.08 Å². The van der Waals surface area contributed by atoms with Crippen molar-refractivity contribution in [2.24, 2.45) is 0 Å². The summed E-state index contributed by atoms with van der Waals surface area (Å²) >= 11 is 1.43. The molecular weight excluding hydrogens is 294 g/mol. The van der Waals surface area contributed by atoms with Gasteiger partial charge < -0.3 is 9.88 Å². The largest absolute Gasteiger partial charge is 0.348 e. The molecule has 0 atom stereocenters. The van der Waals surface area contributed by atoms with Crippen LogP contribution in [-0.4, -0.2) is 22.0 Å². The molecule has 0 saturated carbocycles. The van der Waals surface area contributed by atoms with E-state index < -0.39 is 0 Å². The van der Waals surface area contributed by atoms with Crippen molar-refractivity contribution in [1.29, 1.82) is 0 Å². The van der Waals surface area contributed by atoms with Crippen molar-refractivity contribution in [3.8, 4) is 5.69 Å². The zero-order valence-electron chi connectivity index (χ0n) is 12.6. The molecule has 112 valence electrons. The van der Waals surface area contributed by atoms with E-state index in [0.29, 0.717) is 11.4 Å². The maximum Gasteiger partial charge on any atom is 0.263 e. The minimum absolute atomic E-state index is 0.0938. The van der Waals surface area contributed by atoms with Crippen LogP contribution in [0.2, 0.25) is 0 Å². The zero-order valence-corrected chi connectivity index (χ0v) is 13.4. The predicted molar refractivity (Wildman–Crippen MR) is 91.0 cm³/mol. The lowest BCUT2D eigenvalue weighted by molar-refractivity contribution is 0.0962. The number of aryl methyl sites for hydroxylation is 2. The Kier molecular flexibility index (Phi) is 3.81. The summed E-state index contributed by atoms with van der Waals surface area (Å²) in [6, 6.07) is 5.95.